The lowest BCUT2D eigenvalue weighted by Gasteiger charge is -2.23. The van der Waals surface area contributed by atoms with E-state index in [1.54, 1.807) is 0 Å². The molecule has 0 bridgehead atoms. The Hall–Kier alpha value is 0.300. The van der Waals surface area contributed by atoms with Crippen LogP contribution in [0.1, 0.15) is 81.1 Å². The van der Waals surface area contributed by atoms with Gasteiger partial charge in [-0.25, -0.2) is 0 Å². The molecule has 0 amide bonds. The molecule has 26 heavy (non-hydrogen) atoms. The van der Waals surface area contributed by atoms with Crippen molar-refractivity contribution in [2.24, 2.45) is 0 Å². The fourth-order valence-corrected chi connectivity index (χ4v) is 5.75. The molecule has 0 aliphatic heterocycles. The summed E-state index contributed by atoms with van der Waals surface area (Å²) in [5, 5.41) is 15.2. The zero-order valence-electron chi connectivity index (χ0n) is 18.1. The number of aliphatic hydroxyl groups is 2. The predicted molar refractivity (Wildman–Crippen MR) is 113 cm³/mol. The van der Waals surface area contributed by atoms with Crippen LogP contribution in [0.3, 0.4) is 0 Å². The minimum Gasteiger partial charge on any atom is -0.394 e. The molecule has 4 atom stereocenters. The van der Waals surface area contributed by atoms with Crippen LogP contribution >= 0.6 is 14.7 Å². The molecule has 0 saturated heterocycles. The minimum absolute atomic E-state index is 0.0440. The largest absolute Gasteiger partial charge is 0.394 e. The summed E-state index contributed by atoms with van der Waals surface area (Å²) in [6.07, 6.45) is 3.16. The number of aliphatic hydroxyl groups excluding tert-OH is 2. The average Bonchev–Trinajstić information content (AvgIpc) is 2.65. The van der Waals surface area contributed by atoms with Crippen LogP contribution in [0.4, 0.5) is 0 Å². The van der Waals surface area contributed by atoms with Crippen LogP contribution < -0.4 is 0 Å². The van der Waals surface area contributed by atoms with Crippen LogP contribution in [0.2, 0.25) is 0 Å². The molecule has 0 fully saturated rings. The first-order valence-corrected chi connectivity index (χ1v) is 13.3. The van der Waals surface area contributed by atoms with Crippen LogP contribution in [0.5, 0.6) is 0 Å². The van der Waals surface area contributed by atoms with E-state index in [9.17, 15) is 18.9 Å². The molecule has 0 saturated carbocycles. The second kappa shape index (κ2) is 16.3. The topological polar surface area (TPSA) is 115 Å². The maximum atomic E-state index is 11.6. The molecular weight excluding hydrogens is 374 g/mol. The Labute approximate surface area is 161 Å². The molecule has 0 spiro atoms. The molecule has 0 aromatic heterocycles. The molecule has 0 aliphatic rings. The number of hydrogen-bond acceptors (Lipinski definition) is 4. The quantitative estimate of drug-likeness (QED) is 0.404. The molecule has 0 aliphatic carbocycles. The van der Waals surface area contributed by atoms with Crippen molar-refractivity contribution in [1.82, 2.24) is 0 Å². The molecule has 0 radical (unpaired) electrons. The predicted octanol–water partition coefficient (Wildman–Crippen LogP) is 4.68. The highest BCUT2D eigenvalue weighted by Gasteiger charge is 2.31. The maximum absolute atomic E-state index is 11.6. The molecule has 4 unspecified atom stereocenters. The lowest BCUT2D eigenvalue weighted by atomic mass is 10.4. The van der Waals surface area contributed by atoms with Crippen molar-refractivity contribution >= 4 is 14.7 Å². The van der Waals surface area contributed by atoms with Crippen molar-refractivity contribution < 1.29 is 29.1 Å². The SMILES string of the molecule is CCC(C)P(=O)(O)C(C)CC.CCC(C)P(=O)(O)C(C)CC.OCCO. The van der Waals surface area contributed by atoms with E-state index in [1.165, 1.54) is 0 Å². The van der Waals surface area contributed by atoms with Crippen molar-refractivity contribution in [3.05, 3.63) is 0 Å². The summed E-state index contributed by atoms with van der Waals surface area (Å²) in [6, 6.07) is 0. The Morgan fingerprint density at radius 2 is 0.731 bits per heavy atom. The van der Waals surface area contributed by atoms with Crippen molar-refractivity contribution in [3.8, 4) is 0 Å². The van der Waals surface area contributed by atoms with Gasteiger partial charge in [-0.1, -0.05) is 55.4 Å². The first kappa shape index (κ1) is 31.0. The fourth-order valence-electron chi connectivity index (χ4n) is 1.92. The van der Waals surface area contributed by atoms with E-state index < -0.39 is 14.7 Å². The van der Waals surface area contributed by atoms with Gasteiger partial charge in [-0.3, -0.25) is 9.13 Å². The number of hydrogen-bond donors (Lipinski definition) is 4. The van der Waals surface area contributed by atoms with Crippen LogP contribution in [0.15, 0.2) is 0 Å². The summed E-state index contributed by atoms with van der Waals surface area (Å²) in [6.45, 7) is 15.0. The van der Waals surface area contributed by atoms with E-state index in [0.717, 1.165) is 25.7 Å². The fraction of sp³-hybridized carbons (Fsp3) is 1.00. The molecule has 4 N–H and O–H groups in total. The molecular formula is C18H44O6P2. The highest BCUT2D eigenvalue weighted by Crippen LogP contribution is 2.53. The van der Waals surface area contributed by atoms with Gasteiger partial charge in [-0.15, -0.1) is 0 Å². The van der Waals surface area contributed by atoms with Gasteiger partial charge in [-0.05, 0) is 25.7 Å². The normalized spacial score (nSPS) is 20.0. The zero-order chi connectivity index (χ0) is 21.6. The third-order valence-corrected chi connectivity index (χ3v) is 11.5. The molecule has 0 aromatic carbocycles. The van der Waals surface area contributed by atoms with E-state index in [0.29, 0.717) is 0 Å². The summed E-state index contributed by atoms with van der Waals surface area (Å²) in [5.74, 6) is 0. The van der Waals surface area contributed by atoms with E-state index in [4.69, 9.17) is 10.2 Å². The van der Waals surface area contributed by atoms with Crippen molar-refractivity contribution in [2.75, 3.05) is 13.2 Å². The van der Waals surface area contributed by atoms with Gasteiger partial charge in [0, 0.05) is 22.6 Å². The Morgan fingerprint density at radius 3 is 0.808 bits per heavy atom. The van der Waals surface area contributed by atoms with Gasteiger partial charge in [0.15, 0.2) is 0 Å². The third-order valence-electron chi connectivity index (χ3n) is 4.99. The van der Waals surface area contributed by atoms with Gasteiger partial charge in [0.05, 0.1) is 13.2 Å². The monoisotopic (exact) mass is 418 g/mol. The highest BCUT2D eigenvalue weighted by molar-refractivity contribution is 7.59. The molecule has 162 valence electrons. The third kappa shape index (κ3) is 11.9. The Balaban J connectivity index is -0.000000338. The van der Waals surface area contributed by atoms with Crippen LogP contribution in [-0.4, -0.2) is 55.8 Å². The second-order valence-corrected chi connectivity index (χ2v) is 13.0. The van der Waals surface area contributed by atoms with Crippen LogP contribution in [-0.2, 0) is 9.13 Å². The molecule has 0 aromatic rings. The van der Waals surface area contributed by atoms with E-state index >= 15 is 0 Å². The summed E-state index contributed by atoms with van der Waals surface area (Å²) in [7, 11) is -5.75. The maximum Gasteiger partial charge on any atom is 0.206 e. The lowest BCUT2D eigenvalue weighted by molar-refractivity contribution is 0.186. The van der Waals surface area contributed by atoms with Gasteiger partial charge in [-0.2, -0.15) is 0 Å². The van der Waals surface area contributed by atoms with Gasteiger partial charge in [0.25, 0.3) is 0 Å². The molecule has 0 heterocycles. The summed E-state index contributed by atoms with van der Waals surface area (Å²) in [4.78, 5) is 19.2. The summed E-state index contributed by atoms with van der Waals surface area (Å²) in [5.41, 5.74) is -0.176. The van der Waals surface area contributed by atoms with Crippen LogP contribution in [0, 0.1) is 0 Å². The van der Waals surface area contributed by atoms with Gasteiger partial charge < -0.3 is 20.0 Å². The summed E-state index contributed by atoms with van der Waals surface area (Å²) >= 11 is 0. The Bertz CT molecular complexity index is 350. The first-order chi connectivity index (χ1) is 11.8. The van der Waals surface area contributed by atoms with E-state index in [1.807, 2.05) is 55.4 Å². The van der Waals surface area contributed by atoms with Crippen molar-refractivity contribution in [2.45, 2.75) is 104 Å². The lowest BCUT2D eigenvalue weighted by Crippen LogP contribution is -2.11. The Kier molecular flexibility index (Phi) is 19.4. The molecule has 0 rings (SSSR count). The smallest absolute Gasteiger partial charge is 0.206 e. The first-order valence-electron chi connectivity index (χ1n) is 9.70. The van der Waals surface area contributed by atoms with E-state index in [2.05, 4.69) is 0 Å². The van der Waals surface area contributed by atoms with Gasteiger partial charge in [0.2, 0.25) is 14.7 Å². The van der Waals surface area contributed by atoms with Crippen LogP contribution in [0.25, 0.3) is 0 Å². The second-order valence-electron chi connectivity index (χ2n) is 6.82. The summed E-state index contributed by atoms with van der Waals surface area (Å²) < 4.78 is 23.3. The van der Waals surface area contributed by atoms with Crippen molar-refractivity contribution in [3.63, 3.8) is 0 Å². The molecule has 8 heteroatoms. The zero-order valence-corrected chi connectivity index (χ0v) is 19.8. The van der Waals surface area contributed by atoms with E-state index in [-0.39, 0.29) is 35.8 Å². The average molecular weight is 418 g/mol. The van der Waals surface area contributed by atoms with Crippen molar-refractivity contribution in [1.29, 1.82) is 0 Å². The highest BCUT2D eigenvalue weighted by atomic mass is 31.2. The standard InChI is InChI=1S/2C8H19O2P.C2H6O2/c2*1-5-7(3)11(9,10)8(4)6-2;3-1-2-4/h2*7-8H,5-6H2,1-4H3,(H,9,10);3-4H,1-2H2. The Morgan fingerprint density at radius 1 is 0.577 bits per heavy atom. The number of rotatable bonds is 9. The van der Waals surface area contributed by atoms with Gasteiger partial charge >= 0.3 is 0 Å². The molecule has 6 nitrogen and oxygen atoms in total. The minimum atomic E-state index is -2.87. The van der Waals surface area contributed by atoms with Gasteiger partial charge in [0.1, 0.15) is 0 Å².